The molecule has 1 N–H and O–H groups in total. The molecule has 0 saturated carbocycles. The topological polar surface area (TPSA) is 59.3 Å². The number of carboxylic acid groups (broad SMARTS) is 1. The minimum atomic E-state index is -1.16. The fraction of sp³-hybridized carbons (Fsp3) is 0.200. The van der Waals surface area contributed by atoms with Crippen LogP contribution in [0.2, 0.25) is 0 Å². The number of carboxylic acids is 1. The van der Waals surface area contributed by atoms with Gasteiger partial charge in [0.15, 0.2) is 5.43 Å². The van der Waals surface area contributed by atoms with E-state index < -0.39 is 11.4 Å². The van der Waals surface area contributed by atoms with Crippen molar-refractivity contribution in [2.75, 3.05) is 0 Å². The molecule has 0 aliphatic carbocycles. The van der Waals surface area contributed by atoms with Crippen molar-refractivity contribution in [2.24, 2.45) is 0 Å². The molecular formula is C15H13NO3. The maximum absolute atomic E-state index is 12.1. The molecule has 0 atom stereocenters. The van der Waals surface area contributed by atoms with Crippen LogP contribution in [0.3, 0.4) is 0 Å². The van der Waals surface area contributed by atoms with Crippen LogP contribution in [0.1, 0.15) is 21.5 Å². The summed E-state index contributed by atoms with van der Waals surface area (Å²) in [5.41, 5.74) is 3.04. The van der Waals surface area contributed by atoms with E-state index in [0.29, 0.717) is 12.1 Å². The van der Waals surface area contributed by atoms with Crippen molar-refractivity contribution in [2.45, 2.75) is 19.9 Å². The number of aryl methyl sites for hydroxylation is 2. The Kier molecular flexibility index (Phi) is 2.52. The number of hydrogen-bond donors (Lipinski definition) is 1. The zero-order valence-electron chi connectivity index (χ0n) is 10.5. The van der Waals surface area contributed by atoms with Crippen molar-refractivity contribution in [1.29, 1.82) is 0 Å². The van der Waals surface area contributed by atoms with Gasteiger partial charge in [-0.25, -0.2) is 4.79 Å². The number of pyridine rings is 1. The molecule has 2 heterocycles. The van der Waals surface area contributed by atoms with Gasteiger partial charge >= 0.3 is 5.97 Å². The lowest BCUT2D eigenvalue weighted by Gasteiger charge is -2.24. The summed E-state index contributed by atoms with van der Waals surface area (Å²) >= 11 is 0. The highest BCUT2D eigenvalue weighted by molar-refractivity contribution is 5.88. The number of aromatic carboxylic acids is 1. The number of carbonyl (C=O) groups is 1. The fourth-order valence-corrected chi connectivity index (χ4v) is 2.70. The molecule has 1 aromatic heterocycles. The van der Waals surface area contributed by atoms with Gasteiger partial charge < -0.3 is 9.67 Å². The van der Waals surface area contributed by atoms with Crippen molar-refractivity contribution >= 4 is 5.97 Å². The van der Waals surface area contributed by atoms with Crippen molar-refractivity contribution in [3.8, 4) is 11.3 Å². The van der Waals surface area contributed by atoms with Crippen molar-refractivity contribution < 1.29 is 9.90 Å². The average Bonchev–Trinajstić information content (AvgIpc) is 2.41. The van der Waals surface area contributed by atoms with E-state index >= 15 is 0 Å². The van der Waals surface area contributed by atoms with E-state index in [1.165, 1.54) is 11.8 Å². The Hall–Kier alpha value is -2.36. The van der Waals surface area contributed by atoms with Gasteiger partial charge in [-0.15, -0.1) is 0 Å². The van der Waals surface area contributed by atoms with E-state index in [-0.39, 0.29) is 5.56 Å². The molecular weight excluding hydrogens is 242 g/mol. The second-order valence-electron chi connectivity index (χ2n) is 4.75. The molecule has 96 valence electrons. The summed E-state index contributed by atoms with van der Waals surface area (Å²) in [6.45, 7) is 2.40. The maximum Gasteiger partial charge on any atom is 0.341 e. The van der Waals surface area contributed by atoms with Gasteiger partial charge in [-0.1, -0.05) is 24.3 Å². The highest BCUT2D eigenvalue weighted by atomic mass is 16.4. The Morgan fingerprint density at radius 2 is 2.05 bits per heavy atom. The molecule has 4 heteroatoms. The summed E-state index contributed by atoms with van der Waals surface area (Å²) in [7, 11) is 0. The third kappa shape index (κ3) is 1.68. The lowest BCUT2D eigenvalue weighted by atomic mass is 9.94. The quantitative estimate of drug-likeness (QED) is 0.848. The Bertz CT molecular complexity index is 744. The molecule has 3 rings (SSSR count). The maximum atomic E-state index is 12.1. The summed E-state index contributed by atoms with van der Waals surface area (Å²) in [5.74, 6) is -1.16. The Morgan fingerprint density at radius 3 is 2.79 bits per heavy atom. The van der Waals surface area contributed by atoms with Crippen LogP contribution in [0.4, 0.5) is 0 Å². The second kappa shape index (κ2) is 4.09. The minimum Gasteiger partial charge on any atom is -0.477 e. The molecule has 19 heavy (non-hydrogen) atoms. The van der Waals surface area contributed by atoms with Crippen LogP contribution in [0.15, 0.2) is 35.3 Å². The molecule has 0 bridgehead atoms. The van der Waals surface area contributed by atoms with Gasteiger partial charge in [0.25, 0.3) is 0 Å². The smallest absolute Gasteiger partial charge is 0.341 e. The zero-order chi connectivity index (χ0) is 13.6. The summed E-state index contributed by atoms with van der Waals surface area (Å²) in [5, 5.41) is 9.07. The first-order valence-electron chi connectivity index (χ1n) is 6.15. The SMILES string of the molecule is Cc1c2n(cc(C(=O)O)c1=O)CCc1ccccc1-2. The zero-order valence-corrected chi connectivity index (χ0v) is 10.5. The van der Waals surface area contributed by atoms with Crippen molar-refractivity contribution in [3.05, 3.63) is 57.4 Å². The van der Waals surface area contributed by atoms with Gasteiger partial charge in [0.1, 0.15) is 5.56 Å². The number of fused-ring (bicyclic) bond motifs is 3. The lowest BCUT2D eigenvalue weighted by Crippen LogP contribution is -2.25. The lowest BCUT2D eigenvalue weighted by molar-refractivity contribution is 0.0694. The minimum absolute atomic E-state index is 0.152. The van der Waals surface area contributed by atoms with Gasteiger partial charge in [0.05, 0.1) is 5.69 Å². The standard InChI is InChI=1S/C15H13NO3/c1-9-13-11-5-3-2-4-10(11)6-7-16(13)8-12(14(9)17)15(18)19/h2-5,8H,6-7H2,1H3,(H,18,19). The molecule has 0 radical (unpaired) electrons. The van der Waals surface area contributed by atoms with E-state index in [1.54, 1.807) is 6.92 Å². The van der Waals surface area contributed by atoms with E-state index in [4.69, 9.17) is 5.11 Å². The second-order valence-corrected chi connectivity index (χ2v) is 4.75. The van der Waals surface area contributed by atoms with Crippen LogP contribution in [0.5, 0.6) is 0 Å². The Labute approximate surface area is 109 Å². The normalized spacial score (nSPS) is 12.7. The van der Waals surface area contributed by atoms with E-state index in [0.717, 1.165) is 17.7 Å². The molecule has 0 fully saturated rings. The highest BCUT2D eigenvalue weighted by Crippen LogP contribution is 2.30. The van der Waals surface area contributed by atoms with Crippen molar-refractivity contribution in [1.82, 2.24) is 4.57 Å². The van der Waals surface area contributed by atoms with Crippen LogP contribution < -0.4 is 5.43 Å². The highest BCUT2D eigenvalue weighted by Gasteiger charge is 2.22. The molecule has 2 aromatic rings. The first kappa shape index (κ1) is 11.7. The number of hydrogen-bond acceptors (Lipinski definition) is 2. The molecule has 0 amide bonds. The summed E-state index contributed by atoms with van der Waals surface area (Å²) in [6.07, 6.45) is 2.31. The van der Waals surface area contributed by atoms with E-state index in [9.17, 15) is 9.59 Å². The molecule has 1 aromatic carbocycles. The van der Waals surface area contributed by atoms with Crippen LogP contribution in [0.25, 0.3) is 11.3 Å². The number of aromatic nitrogens is 1. The number of nitrogens with zero attached hydrogens (tertiary/aromatic N) is 1. The summed E-state index contributed by atoms with van der Waals surface area (Å²) in [4.78, 5) is 23.2. The molecule has 0 unspecified atom stereocenters. The van der Waals surface area contributed by atoms with Gasteiger partial charge in [-0.05, 0) is 18.9 Å². The van der Waals surface area contributed by atoms with Gasteiger partial charge in [0, 0.05) is 23.9 Å². The van der Waals surface area contributed by atoms with Gasteiger partial charge in [-0.2, -0.15) is 0 Å². The number of rotatable bonds is 1. The van der Waals surface area contributed by atoms with Crippen LogP contribution in [0, 0.1) is 6.92 Å². The first-order chi connectivity index (χ1) is 9.09. The Balaban J connectivity index is 2.36. The van der Waals surface area contributed by atoms with Gasteiger partial charge in [-0.3, -0.25) is 4.79 Å². The van der Waals surface area contributed by atoms with Gasteiger partial charge in [0.2, 0.25) is 0 Å². The fourth-order valence-electron chi connectivity index (χ4n) is 2.70. The van der Waals surface area contributed by atoms with Crippen LogP contribution in [-0.4, -0.2) is 15.6 Å². The number of benzene rings is 1. The largest absolute Gasteiger partial charge is 0.477 e. The monoisotopic (exact) mass is 255 g/mol. The van der Waals surface area contributed by atoms with E-state index in [1.807, 2.05) is 28.8 Å². The molecule has 1 aliphatic heterocycles. The van der Waals surface area contributed by atoms with Crippen LogP contribution in [-0.2, 0) is 13.0 Å². The first-order valence-corrected chi connectivity index (χ1v) is 6.15. The molecule has 0 saturated heterocycles. The third-order valence-electron chi connectivity index (χ3n) is 3.64. The third-order valence-corrected chi connectivity index (χ3v) is 3.64. The predicted molar refractivity (Wildman–Crippen MR) is 71.5 cm³/mol. The summed E-state index contributed by atoms with van der Waals surface area (Å²) in [6, 6.07) is 7.94. The predicted octanol–water partition coefficient (Wildman–Crippen LogP) is 2.08. The molecule has 1 aliphatic rings. The molecule has 0 spiro atoms. The van der Waals surface area contributed by atoms with Crippen LogP contribution >= 0.6 is 0 Å². The van der Waals surface area contributed by atoms with E-state index in [2.05, 4.69) is 0 Å². The van der Waals surface area contributed by atoms with Crippen molar-refractivity contribution in [3.63, 3.8) is 0 Å². The summed E-state index contributed by atoms with van der Waals surface area (Å²) < 4.78 is 1.88. The molecule has 4 nitrogen and oxygen atoms in total. The average molecular weight is 255 g/mol. The Morgan fingerprint density at radius 1 is 1.32 bits per heavy atom.